The average molecular weight is 432 g/mol. The van der Waals surface area contributed by atoms with Crippen molar-refractivity contribution in [1.29, 1.82) is 0 Å². The van der Waals surface area contributed by atoms with Gasteiger partial charge in [0.1, 0.15) is 23.0 Å². The van der Waals surface area contributed by atoms with Gasteiger partial charge in [-0.15, -0.1) is 0 Å². The van der Waals surface area contributed by atoms with Crippen LogP contribution in [0.4, 0.5) is 0 Å². The fourth-order valence-electron chi connectivity index (χ4n) is 4.54. The van der Waals surface area contributed by atoms with Gasteiger partial charge >= 0.3 is 0 Å². The summed E-state index contributed by atoms with van der Waals surface area (Å²) >= 11 is 0. The number of fused-ring (bicyclic) bond motifs is 4. The first kappa shape index (κ1) is 11.1. The molecule has 0 saturated heterocycles. The van der Waals surface area contributed by atoms with E-state index in [-0.39, 0.29) is 35.3 Å². The van der Waals surface area contributed by atoms with Crippen molar-refractivity contribution in [3.05, 3.63) is 115 Å². The highest BCUT2D eigenvalue weighted by Crippen LogP contribution is 2.36. The predicted octanol–water partition coefficient (Wildman–Crippen LogP) is 5.75. The van der Waals surface area contributed by atoms with Gasteiger partial charge in [-0.1, -0.05) is 90.8 Å². The summed E-state index contributed by atoms with van der Waals surface area (Å²) in [7, 11) is 0. The van der Waals surface area contributed by atoms with Gasteiger partial charge in [-0.2, -0.15) is 0 Å². The molecule has 0 fully saturated rings. The Labute approximate surface area is 207 Å². The lowest BCUT2D eigenvalue weighted by Crippen LogP contribution is -2.57. The van der Waals surface area contributed by atoms with E-state index in [1.54, 1.807) is 36.4 Å². The van der Waals surface area contributed by atoms with Gasteiger partial charge in [0.15, 0.2) is 0 Å². The van der Waals surface area contributed by atoms with Crippen LogP contribution in [-0.4, -0.2) is 6.71 Å². The zero-order chi connectivity index (χ0) is 30.5. The van der Waals surface area contributed by atoms with Crippen LogP contribution in [-0.2, 0) is 0 Å². The molecule has 2 heterocycles. The first-order chi connectivity index (χ1) is 20.5. The highest BCUT2D eigenvalue weighted by atomic mass is 16.5. The normalized spacial score (nSPS) is 16.9. The highest BCUT2D eigenvalue weighted by molar-refractivity contribution is 6.98. The van der Waals surface area contributed by atoms with E-state index in [4.69, 9.17) is 23.2 Å². The molecule has 0 aromatic heterocycles. The summed E-state index contributed by atoms with van der Waals surface area (Å²) in [6.07, 6.45) is 0. The highest BCUT2D eigenvalue weighted by Gasteiger charge is 2.40. The van der Waals surface area contributed by atoms with Gasteiger partial charge < -0.3 is 9.47 Å². The second-order valence-corrected chi connectivity index (χ2v) is 7.81. The maximum absolute atomic E-state index is 8.50. The molecule has 0 bridgehead atoms. The number of hydrogen-bond donors (Lipinski definition) is 0. The molecule has 0 aliphatic carbocycles. The van der Waals surface area contributed by atoms with Crippen molar-refractivity contribution in [2.45, 2.75) is 0 Å². The van der Waals surface area contributed by atoms with Crippen molar-refractivity contribution >= 4 is 23.1 Å². The Balaban J connectivity index is 1.48. The van der Waals surface area contributed by atoms with E-state index in [2.05, 4.69) is 0 Å². The Morgan fingerprint density at radius 1 is 0.515 bits per heavy atom. The Morgan fingerprint density at radius 3 is 1.48 bits per heavy atom. The topological polar surface area (TPSA) is 18.5 Å². The van der Waals surface area contributed by atoms with Crippen LogP contribution in [0.5, 0.6) is 23.0 Å². The molecule has 0 amide bonds. The molecule has 0 radical (unpaired) electrons. The standard InChI is InChI=1S/C30H19BO2/c1-3-8-20(9-4-1)22-14-16-26-24(18-22)31-25-19-23(21-10-5-2-6-11-21)15-17-27(25)33-29-13-7-12-28(32-26)30(29)31/h1-19H/i1D,2D,3D,4D,5D,6D,8D,9D,10D,11D. The minimum atomic E-state index is -0.492. The number of ether oxygens (including phenoxy) is 2. The van der Waals surface area contributed by atoms with Gasteiger partial charge in [0.05, 0.1) is 13.7 Å². The van der Waals surface area contributed by atoms with Gasteiger partial charge in [-0.25, -0.2) is 0 Å². The molecule has 0 unspecified atom stereocenters. The van der Waals surface area contributed by atoms with Crippen LogP contribution < -0.4 is 25.9 Å². The molecule has 5 aromatic carbocycles. The largest absolute Gasteiger partial charge is 0.458 e. The quantitative estimate of drug-likeness (QED) is 0.324. The summed E-state index contributed by atoms with van der Waals surface area (Å²) in [5.74, 6) is 2.13. The van der Waals surface area contributed by atoms with Gasteiger partial charge in [-0.05, 0) is 57.4 Å². The van der Waals surface area contributed by atoms with Crippen LogP contribution in [0.2, 0.25) is 0 Å². The minimum Gasteiger partial charge on any atom is -0.458 e. The molecule has 154 valence electrons. The number of hydrogen-bond acceptors (Lipinski definition) is 2. The van der Waals surface area contributed by atoms with E-state index >= 15 is 0 Å². The second-order valence-electron chi connectivity index (χ2n) is 7.81. The van der Waals surface area contributed by atoms with Crippen molar-refractivity contribution in [3.63, 3.8) is 0 Å². The van der Waals surface area contributed by atoms with Crippen LogP contribution >= 0.6 is 0 Å². The Morgan fingerprint density at radius 2 is 1.00 bits per heavy atom. The van der Waals surface area contributed by atoms with Crippen molar-refractivity contribution in [3.8, 4) is 45.3 Å². The van der Waals surface area contributed by atoms with Crippen LogP contribution in [0, 0.1) is 0 Å². The summed E-state index contributed by atoms with van der Waals surface area (Å²) in [4.78, 5) is 0. The van der Waals surface area contributed by atoms with E-state index in [0.717, 1.165) is 5.46 Å². The van der Waals surface area contributed by atoms with E-state index in [0.29, 0.717) is 45.1 Å². The molecular weight excluding hydrogens is 403 g/mol. The summed E-state index contributed by atoms with van der Waals surface area (Å²) in [6.45, 7) is -0.492. The summed E-state index contributed by atoms with van der Waals surface area (Å²) in [5, 5.41) is 0. The average Bonchev–Trinajstić information content (AvgIpc) is 3.01. The molecule has 0 atom stereocenters. The molecule has 33 heavy (non-hydrogen) atoms. The van der Waals surface area contributed by atoms with Crippen molar-refractivity contribution in [2.75, 3.05) is 0 Å². The third-order valence-electron chi connectivity index (χ3n) is 5.97. The molecule has 5 aromatic rings. The fraction of sp³-hybridized carbons (Fsp3) is 0. The Bertz CT molecular complexity index is 1860. The third kappa shape index (κ3) is 2.90. The lowest BCUT2D eigenvalue weighted by Gasteiger charge is -2.33. The molecule has 0 N–H and O–H groups in total. The lowest BCUT2D eigenvalue weighted by atomic mass is 9.34. The molecule has 3 heteroatoms. The summed E-state index contributed by atoms with van der Waals surface area (Å²) in [5.41, 5.74) is 2.99. The summed E-state index contributed by atoms with van der Waals surface area (Å²) < 4.78 is 95.0. The number of benzene rings is 5. The van der Waals surface area contributed by atoms with Gasteiger partial charge in [-0.3, -0.25) is 0 Å². The molecule has 2 nitrogen and oxygen atoms in total. The van der Waals surface area contributed by atoms with Crippen LogP contribution in [0.25, 0.3) is 22.3 Å². The van der Waals surface area contributed by atoms with E-state index in [1.807, 2.05) is 18.2 Å². The second kappa shape index (κ2) is 7.14. The zero-order valence-corrected chi connectivity index (χ0v) is 17.1. The first-order valence-corrected chi connectivity index (χ1v) is 10.4. The smallest absolute Gasteiger partial charge is 0.260 e. The molecular formula is C30H19BO2. The summed E-state index contributed by atoms with van der Waals surface area (Å²) in [6, 6.07) is 11.7. The first-order valence-electron chi connectivity index (χ1n) is 15.4. The van der Waals surface area contributed by atoms with Gasteiger partial charge in [0, 0.05) is 5.46 Å². The van der Waals surface area contributed by atoms with E-state index in [9.17, 15) is 0 Å². The maximum atomic E-state index is 8.50. The third-order valence-corrected chi connectivity index (χ3v) is 5.97. The van der Waals surface area contributed by atoms with Crippen LogP contribution in [0.1, 0.15) is 13.7 Å². The van der Waals surface area contributed by atoms with E-state index in [1.165, 1.54) is 0 Å². The van der Waals surface area contributed by atoms with Crippen LogP contribution in [0.3, 0.4) is 0 Å². The van der Waals surface area contributed by atoms with Gasteiger partial charge in [0.25, 0.3) is 6.71 Å². The van der Waals surface area contributed by atoms with Crippen LogP contribution in [0.15, 0.2) is 115 Å². The molecule has 2 aliphatic rings. The minimum absolute atomic E-state index is 0.0630. The van der Waals surface area contributed by atoms with Crippen molar-refractivity contribution in [1.82, 2.24) is 0 Å². The van der Waals surface area contributed by atoms with E-state index < -0.39 is 43.0 Å². The number of rotatable bonds is 2. The van der Waals surface area contributed by atoms with Gasteiger partial charge in [0.2, 0.25) is 0 Å². The molecule has 2 aliphatic heterocycles. The zero-order valence-electron chi connectivity index (χ0n) is 27.1. The molecule has 0 saturated carbocycles. The predicted molar refractivity (Wildman–Crippen MR) is 135 cm³/mol. The SMILES string of the molecule is [2H]c1c([2H])c([2H])c(-c2ccc3c(c2)B2c4cc(-c5c([2H])c([2H])c([2H])c([2H])c5[2H])ccc4Oc4cccc(c42)O3)c([2H])c1[2H]. The Hall–Kier alpha value is -4.24. The van der Waals surface area contributed by atoms with Crippen molar-refractivity contribution in [2.24, 2.45) is 0 Å². The monoisotopic (exact) mass is 432 g/mol. The fourth-order valence-corrected chi connectivity index (χ4v) is 4.54. The Kier molecular flexibility index (Phi) is 2.40. The van der Waals surface area contributed by atoms with Crippen molar-refractivity contribution < 1.29 is 23.2 Å². The molecule has 7 rings (SSSR count). The molecule has 0 spiro atoms. The maximum Gasteiger partial charge on any atom is 0.260 e. The lowest BCUT2D eigenvalue weighted by molar-refractivity contribution is 0.464.